The summed E-state index contributed by atoms with van der Waals surface area (Å²) in [7, 11) is 0. The van der Waals surface area contributed by atoms with E-state index >= 15 is 0 Å². The second-order valence-corrected chi connectivity index (χ2v) is 8.95. The molecular formula is C23H37N3O2. The Morgan fingerprint density at radius 1 is 1.21 bits per heavy atom. The molecule has 2 aliphatic rings. The number of aromatic nitrogens is 1. The van der Waals surface area contributed by atoms with Crippen molar-refractivity contribution in [3.05, 3.63) is 29.1 Å². The molecular weight excluding hydrogens is 350 g/mol. The van der Waals surface area contributed by atoms with Crippen LogP contribution in [-0.4, -0.2) is 53.8 Å². The van der Waals surface area contributed by atoms with Crippen LogP contribution >= 0.6 is 0 Å². The Bertz CT molecular complexity index is 693. The lowest BCUT2D eigenvalue weighted by atomic mass is 9.95. The zero-order valence-corrected chi connectivity index (χ0v) is 18.1. The van der Waals surface area contributed by atoms with Gasteiger partial charge in [-0.25, -0.2) is 0 Å². The predicted octanol–water partition coefficient (Wildman–Crippen LogP) is 3.85. The fourth-order valence-corrected chi connectivity index (χ4v) is 4.68. The van der Waals surface area contributed by atoms with Gasteiger partial charge in [-0.2, -0.15) is 0 Å². The first-order chi connectivity index (χ1) is 13.4. The Hall–Kier alpha value is -1.59. The van der Waals surface area contributed by atoms with Crippen LogP contribution in [0.25, 0.3) is 6.08 Å². The van der Waals surface area contributed by atoms with Crippen molar-refractivity contribution < 1.29 is 9.53 Å². The Balaban J connectivity index is 1.58. The fourth-order valence-electron chi connectivity index (χ4n) is 4.68. The molecule has 1 N–H and O–H groups in total. The van der Waals surface area contributed by atoms with Gasteiger partial charge in [-0.15, -0.1) is 0 Å². The molecule has 5 heteroatoms. The van der Waals surface area contributed by atoms with E-state index in [4.69, 9.17) is 4.74 Å². The number of hydrogen-bond acceptors (Lipinski definition) is 3. The van der Waals surface area contributed by atoms with Gasteiger partial charge in [-0.05, 0) is 58.2 Å². The van der Waals surface area contributed by atoms with Gasteiger partial charge in [0, 0.05) is 48.7 Å². The van der Waals surface area contributed by atoms with Gasteiger partial charge in [0.15, 0.2) is 0 Å². The lowest BCUT2D eigenvalue weighted by molar-refractivity contribution is -0.117. The van der Waals surface area contributed by atoms with Crippen molar-refractivity contribution in [1.29, 1.82) is 0 Å². The fraction of sp³-hybridized carbons (Fsp3) is 0.696. The van der Waals surface area contributed by atoms with Crippen LogP contribution < -0.4 is 5.32 Å². The third-order valence-corrected chi connectivity index (χ3v) is 6.44. The van der Waals surface area contributed by atoms with Crippen molar-refractivity contribution in [2.75, 3.05) is 32.8 Å². The minimum absolute atomic E-state index is 0.0243. The first-order valence-electron chi connectivity index (χ1n) is 10.9. The second kappa shape index (κ2) is 9.27. The molecule has 1 amide bonds. The summed E-state index contributed by atoms with van der Waals surface area (Å²) in [5, 5.41) is 3.08. The standard InChI is InChI=1S/C23H37N3O2/c1-18-16-20(19(2)26(18)21-8-6-5-7-9-21)10-11-22(27)24-17-23(3,4)25-12-14-28-15-13-25/h10-11,16,21H,5-9,12-15,17H2,1-4H3,(H,24,27)/b11-10+. The van der Waals surface area contributed by atoms with Crippen LogP contribution in [0.15, 0.2) is 12.1 Å². The molecule has 0 aromatic carbocycles. The van der Waals surface area contributed by atoms with Crippen LogP contribution in [0.2, 0.25) is 0 Å². The second-order valence-electron chi connectivity index (χ2n) is 8.95. The largest absolute Gasteiger partial charge is 0.379 e. The van der Waals surface area contributed by atoms with Gasteiger partial charge < -0.3 is 14.6 Å². The Morgan fingerprint density at radius 3 is 2.57 bits per heavy atom. The SMILES string of the molecule is Cc1cc(/C=C/C(=O)NCC(C)(C)N2CCOCC2)c(C)n1C1CCCCC1. The molecule has 3 rings (SSSR count). The van der Waals surface area contributed by atoms with Gasteiger partial charge >= 0.3 is 0 Å². The van der Waals surface area contributed by atoms with Gasteiger partial charge in [0.1, 0.15) is 0 Å². The first-order valence-corrected chi connectivity index (χ1v) is 10.9. The van der Waals surface area contributed by atoms with E-state index < -0.39 is 0 Å². The number of nitrogens with one attached hydrogen (secondary N) is 1. The molecule has 0 unspecified atom stereocenters. The molecule has 1 saturated carbocycles. The average molecular weight is 388 g/mol. The number of hydrogen-bond donors (Lipinski definition) is 1. The van der Waals surface area contributed by atoms with E-state index in [0.29, 0.717) is 12.6 Å². The maximum Gasteiger partial charge on any atom is 0.244 e. The summed E-state index contributed by atoms with van der Waals surface area (Å²) < 4.78 is 7.92. The molecule has 156 valence electrons. The number of carbonyl (C=O) groups excluding carboxylic acids is 1. The van der Waals surface area contributed by atoms with Crippen LogP contribution in [0.4, 0.5) is 0 Å². The minimum Gasteiger partial charge on any atom is -0.379 e. The van der Waals surface area contributed by atoms with E-state index in [-0.39, 0.29) is 11.4 Å². The number of morpholine rings is 1. The molecule has 0 radical (unpaired) electrons. The number of nitrogens with zero attached hydrogens (tertiary/aromatic N) is 2. The normalized spacial score (nSPS) is 20.0. The monoisotopic (exact) mass is 387 g/mol. The summed E-state index contributed by atoms with van der Waals surface area (Å²) in [6, 6.07) is 2.84. The third kappa shape index (κ3) is 5.06. The molecule has 2 fully saturated rings. The van der Waals surface area contributed by atoms with Crippen molar-refractivity contribution in [2.24, 2.45) is 0 Å². The van der Waals surface area contributed by atoms with Crippen molar-refractivity contribution in [3.8, 4) is 0 Å². The Kier molecular flexibility index (Phi) is 7.00. The van der Waals surface area contributed by atoms with Crippen molar-refractivity contribution in [2.45, 2.75) is 71.4 Å². The molecule has 1 saturated heterocycles. The maximum absolute atomic E-state index is 12.4. The summed E-state index contributed by atoms with van der Waals surface area (Å²) in [6.07, 6.45) is 10.2. The summed E-state index contributed by atoms with van der Waals surface area (Å²) >= 11 is 0. The molecule has 2 heterocycles. The number of ether oxygens (including phenoxy) is 1. The van der Waals surface area contributed by atoms with E-state index in [2.05, 4.69) is 48.5 Å². The topological polar surface area (TPSA) is 46.5 Å². The van der Waals surface area contributed by atoms with Gasteiger partial charge in [0.25, 0.3) is 0 Å². The summed E-state index contributed by atoms with van der Waals surface area (Å²) in [5.41, 5.74) is 3.68. The lowest BCUT2D eigenvalue weighted by Crippen LogP contribution is -2.55. The molecule has 1 aromatic rings. The van der Waals surface area contributed by atoms with Gasteiger partial charge in [-0.1, -0.05) is 19.3 Å². The maximum atomic E-state index is 12.4. The molecule has 1 aromatic heterocycles. The van der Waals surface area contributed by atoms with E-state index in [9.17, 15) is 4.79 Å². The highest BCUT2D eigenvalue weighted by Crippen LogP contribution is 2.32. The Morgan fingerprint density at radius 2 is 1.89 bits per heavy atom. The summed E-state index contributed by atoms with van der Waals surface area (Å²) in [6.45, 7) is 12.8. The van der Waals surface area contributed by atoms with Crippen molar-refractivity contribution >= 4 is 12.0 Å². The quantitative estimate of drug-likeness (QED) is 0.754. The first kappa shape index (κ1) is 21.1. The van der Waals surface area contributed by atoms with E-state index in [0.717, 1.165) is 31.9 Å². The zero-order chi connectivity index (χ0) is 20.1. The minimum atomic E-state index is -0.0654. The van der Waals surface area contributed by atoms with Gasteiger partial charge in [0.05, 0.1) is 13.2 Å². The lowest BCUT2D eigenvalue weighted by Gasteiger charge is -2.40. The average Bonchev–Trinajstić information content (AvgIpc) is 2.99. The van der Waals surface area contributed by atoms with E-state index in [1.807, 2.05) is 6.08 Å². The number of amides is 1. The number of rotatable bonds is 6. The molecule has 28 heavy (non-hydrogen) atoms. The van der Waals surface area contributed by atoms with Gasteiger partial charge in [0.2, 0.25) is 5.91 Å². The van der Waals surface area contributed by atoms with Crippen LogP contribution in [0, 0.1) is 13.8 Å². The number of aryl methyl sites for hydroxylation is 1. The van der Waals surface area contributed by atoms with Crippen LogP contribution in [0.3, 0.4) is 0 Å². The highest BCUT2D eigenvalue weighted by atomic mass is 16.5. The predicted molar refractivity (Wildman–Crippen MR) is 115 cm³/mol. The number of carbonyl (C=O) groups is 1. The zero-order valence-electron chi connectivity index (χ0n) is 18.1. The van der Waals surface area contributed by atoms with Crippen molar-refractivity contribution in [3.63, 3.8) is 0 Å². The van der Waals surface area contributed by atoms with Crippen LogP contribution in [0.5, 0.6) is 0 Å². The van der Waals surface area contributed by atoms with E-state index in [1.165, 1.54) is 43.5 Å². The summed E-state index contributed by atoms with van der Waals surface area (Å²) in [4.78, 5) is 14.8. The van der Waals surface area contributed by atoms with Crippen molar-refractivity contribution in [1.82, 2.24) is 14.8 Å². The molecule has 0 spiro atoms. The van der Waals surface area contributed by atoms with Gasteiger partial charge in [-0.3, -0.25) is 9.69 Å². The van der Waals surface area contributed by atoms with Crippen LogP contribution in [-0.2, 0) is 9.53 Å². The smallest absolute Gasteiger partial charge is 0.244 e. The molecule has 1 aliphatic carbocycles. The molecule has 0 bridgehead atoms. The highest BCUT2D eigenvalue weighted by Gasteiger charge is 2.28. The highest BCUT2D eigenvalue weighted by molar-refractivity contribution is 5.91. The molecule has 1 aliphatic heterocycles. The molecule has 0 atom stereocenters. The summed E-state index contributed by atoms with van der Waals surface area (Å²) in [5.74, 6) is -0.0243. The Labute approximate surface area is 170 Å². The molecule has 5 nitrogen and oxygen atoms in total. The third-order valence-electron chi connectivity index (χ3n) is 6.44. The van der Waals surface area contributed by atoms with E-state index in [1.54, 1.807) is 6.08 Å². The van der Waals surface area contributed by atoms with Crippen LogP contribution in [0.1, 0.15) is 68.9 Å².